The molecule has 5 saturated carbocycles. The third-order valence-corrected chi connectivity index (χ3v) is 10.3. The van der Waals surface area contributed by atoms with Crippen molar-refractivity contribution in [1.82, 2.24) is 0 Å². The molecule has 0 aromatic heterocycles. The summed E-state index contributed by atoms with van der Waals surface area (Å²) in [5, 5.41) is 0. The summed E-state index contributed by atoms with van der Waals surface area (Å²) in [5.41, 5.74) is 0. The molecule has 7 fully saturated rings. The summed E-state index contributed by atoms with van der Waals surface area (Å²) < 4.78 is 27.0. The molecule has 2 aliphatic heterocycles. The van der Waals surface area contributed by atoms with Crippen LogP contribution in [-0.4, -0.2) is 48.8 Å². The van der Waals surface area contributed by atoms with Gasteiger partial charge in [-0.25, -0.2) is 0 Å². The predicted molar refractivity (Wildman–Crippen MR) is 113 cm³/mol. The molecule has 168 valence electrons. The van der Waals surface area contributed by atoms with Crippen LogP contribution in [0.3, 0.4) is 0 Å². The lowest BCUT2D eigenvalue weighted by Crippen LogP contribution is -2.62. The van der Waals surface area contributed by atoms with E-state index in [9.17, 15) is 0 Å². The van der Waals surface area contributed by atoms with E-state index in [2.05, 4.69) is 0 Å². The van der Waals surface area contributed by atoms with Crippen molar-refractivity contribution in [3.63, 3.8) is 0 Å². The van der Waals surface area contributed by atoms with E-state index in [1.54, 1.807) is 0 Å². The highest BCUT2D eigenvalue weighted by molar-refractivity contribution is 5.01. The van der Waals surface area contributed by atoms with Crippen molar-refractivity contribution in [2.24, 2.45) is 23.7 Å². The number of fused-ring (bicyclic) bond motifs is 6. The second-order valence-electron chi connectivity index (χ2n) is 11.9. The molecule has 7 aliphatic rings. The lowest BCUT2D eigenvalue weighted by atomic mass is 9.68. The van der Waals surface area contributed by atoms with Gasteiger partial charge in [0.15, 0.2) is 0 Å². The molecule has 0 aromatic rings. The fourth-order valence-electron chi connectivity index (χ4n) is 8.72. The molecule has 0 aromatic carbocycles. The van der Waals surface area contributed by atoms with Gasteiger partial charge in [0.05, 0.1) is 48.8 Å². The number of hydrogen-bond donors (Lipinski definition) is 0. The quantitative estimate of drug-likeness (QED) is 0.555. The van der Waals surface area contributed by atoms with Gasteiger partial charge in [-0.1, -0.05) is 51.4 Å². The van der Waals surface area contributed by atoms with E-state index >= 15 is 0 Å². The summed E-state index contributed by atoms with van der Waals surface area (Å²) in [6, 6.07) is 0. The number of rotatable bonds is 0. The third-order valence-electron chi connectivity index (χ3n) is 10.3. The zero-order valence-corrected chi connectivity index (χ0v) is 18.5. The molecule has 5 aliphatic carbocycles. The van der Waals surface area contributed by atoms with E-state index in [1.807, 2.05) is 0 Å². The van der Waals surface area contributed by atoms with Gasteiger partial charge >= 0.3 is 0 Å². The Labute approximate surface area is 181 Å². The maximum Gasteiger partial charge on any atom is 0.0868 e. The Morgan fingerprint density at radius 2 is 0.533 bits per heavy atom. The van der Waals surface area contributed by atoms with Gasteiger partial charge in [-0.05, 0) is 49.4 Å². The predicted octanol–water partition coefficient (Wildman–Crippen LogP) is 5.02. The van der Waals surface area contributed by atoms with Crippen molar-refractivity contribution in [3.05, 3.63) is 0 Å². The largest absolute Gasteiger partial charge is 0.369 e. The highest BCUT2D eigenvalue weighted by Crippen LogP contribution is 2.49. The first-order valence-electron chi connectivity index (χ1n) is 13.4. The van der Waals surface area contributed by atoms with Crippen molar-refractivity contribution in [2.45, 2.75) is 139 Å². The monoisotopic (exact) mass is 416 g/mol. The molecule has 4 heteroatoms. The molecule has 7 rings (SSSR count). The Morgan fingerprint density at radius 3 is 0.800 bits per heavy atom. The Morgan fingerprint density at radius 1 is 0.300 bits per heavy atom. The summed E-state index contributed by atoms with van der Waals surface area (Å²) in [7, 11) is 0. The van der Waals surface area contributed by atoms with Crippen LogP contribution in [0.1, 0.15) is 89.9 Å². The summed E-state index contributed by atoms with van der Waals surface area (Å²) in [5.74, 6) is 3.55. The van der Waals surface area contributed by atoms with E-state index in [0.29, 0.717) is 24.4 Å². The molecule has 2 saturated heterocycles. The summed E-state index contributed by atoms with van der Waals surface area (Å²) >= 11 is 0. The van der Waals surface area contributed by atoms with E-state index in [4.69, 9.17) is 18.9 Å². The summed E-state index contributed by atoms with van der Waals surface area (Å²) in [6.07, 6.45) is 20.4. The van der Waals surface area contributed by atoms with Gasteiger partial charge in [-0.2, -0.15) is 0 Å². The molecule has 12 unspecified atom stereocenters. The first kappa shape index (κ1) is 19.3. The van der Waals surface area contributed by atoms with Gasteiger partial charge in [0.1, 0.15) is 0 Å². The van der Waals surface area contributed by atoms with Crippen LogP contribution in [0.15, 0.2) is 0 Å². The summed E-state index contributed by atoms with van der Waals surface area (Å²) in [6.45, 7) is 0. The lowest BCUT2D eigenvalue weighted by Gasteiger charge is -2.55. The molecule has 0 bridgehead atoms. The number of hydrogen-bond acceptors (Lipinski definition) is 4. The van der Waals surface area contributed by atoms with Gasteiger partial charge in [0.25, 0.3) is 0 Å². The van der Waals surface area contributed by atoms with Crippen molar-refractivity contribution in [2.75, 3.05) is 0 Å². The minimum atomic E-state index is 0.221. The molecule has 0 radical (unpaired) electrons. The third kappa shape index (κ3) is 3.31. The molecule has 12 atom stereocenters. The normalized spacial score (nSPS) is 57.6. The maximum absolute atomic E-state index is 6.75. The highest BCUT2D eigenvalue weighted by Gasteiger charge is 2.53. The Hall–Kier alpha value is -0.160. The second-order valence-corrected chi connectivity index (χ2v) is 11.9. The van der Waals surface area contributed by atoms with Crippen LogP contribution in [-0.2, 0) is 18.9 Å². The molecule has 2 heterocycles. The zero-order valence-electron chi connectivity index (χ0n) is 18.5. The SMILES string of the molecule is C1CCC2CC3OC4CC5OC6CC7CCCCC7CC6OC5CC4OC3CC2C1. The van der Waals surface area contributed by atoms with Crippen LogP contribution in [0.5, 0.6) is 0 Å². The van der Waals surface area contributed by atoms with E-state index in [1.165, 1.54) is 77.0 Å². The van der Waals surface area contributed by atoms with Gasteiger partial charge in [-0.3, -0.25) is 0 Å². The molecule has 4 nitrogen and oxygen atoms in total. The smallest absolute Gasteiger partial charge is 0.0868 e. The average molecular weight is 417 g/mol. The molecular weight excluding hydrogens is 376 g/mol. The standard InChI is InChI=1S/C26H40O4/c1-2-6-16-10-20-19(9-15(16)5-1)27-23-13-25-26(14-24(23)28-20)30-22-12-18-8-4-3-7-17(18)11-21(22)29-25/h15-26H,1-14H2. The maximum atomic E-state index is 6.75. The van der Waals surface area contributed by atoms with E-state index < -0.39 is 0 Å². The fourth-order valence-corrected chi connectivity index (χ4v) is 8.72. The first-order chi connectivity index (χ1) is 14.8. The van der Waals surface area contributed by atoms with Crippen LogP contribution < -0.4 is 0 Å². The second kappa shape index (κ2) is 7.71. The molecule has 0 amide bonds. The van der Waals surface area contributed by atoms with Crippen molar-refractivity contribution < 1.29 is 18.9 Å². The van der Waals surface area contributed by atoms with E-state index in [0.717, 1.165) is 36.5 Å². The van der Waals surface area contributed by atoms with Crippen LogP contribution >= 0.6 is 0 Å². The van der Waals surface area contributed by atoms with Crippen molar-refractivity contribution in [3.8, 4) is 0 Å². The Bertz CT molecular complexity index is 533. The molecular formula is C26H40O4. The zero-order chi connectivity index (χ0) is 19.7. The van der Waals surface area contributed by atoms with Crippen molar-refractivity contribution >= 4 is 0 Å². The lowest BCUT2D eigenvalue weighted by molar-refractivity contribution is -0.309. The topological polar surface area (TPSA) is 36.9 Å². The average Bonchev–Trinajstić information content (AvgIpc) is 2.77. The van der Waals surface area contributed by atoms with Gasteiger partial charge in [-0.15, -0.1) is 0 Å². The minimum absolute atomic E-state index is 0.221. The molecule has 30 heavy (non-hydrogen) atoms. The Kier molecular flexibility index (Phi) is 4.97. The van der Waals surface area contributed by atoms with Crippen LogP contribution in [0, 0.1) is 23.7 Å². The summed E-state index contributed by atoms with van der Waals surface area (Å²) in [4.78, 5) is 0. The molecule has 0 spiro atoms. The van der Waals surface area contributed by atoms with E-state index in [-0.39, 0.29) is 24.4 Å². The van der Waals surface area contributed by atoms with Gasteiger partial charge in [0.2, 0.25) is 0 Å². The van der Waals surface area contributed by atoms with Gasteiger partial charge in [0, 0.05) is 12.8 Å². The van der Waals surface area contributed by atoms with Crippen LogP contribution in [0.25, 0.3) is 0 Å². The first-order valence-corrected chi connectivity index (χ1v) is 13.4. The Balaban J connectivity index is 1.03. The number of ether oxygens (including phenoxy) is 4. The highest BCUT2D eigenvalue weighted by atomic mass is 16.6. The molecule has 0 N–H and O–H groups in total. The van der Waals surface area contributed by atoms with Crippen LogP contribution in [0.4, 0.5) is 0 Å². The van der Waals surface area contributed by atoms with Gasteiger partial charge < -0.3 is 18.9 Å². The minimum Gasteiger partial charge on any atom is -0.369 e. The van der Waals surface area contributed by atoms with Crippen molar-refractivity contribution in [1.29, 1.82) is 0 Å². The fraction of sp³-hybridized carbons (Fsp3) is 1.00. The van der Waals surface area contributed by atoms with Crippen LogP contribution in [0.2, 0.25) is 0 Å².